The molecule has 1 aromatic carbocycles. The first-order chi connectivity index (χ1) is 8.22. The van der Waals surface area contributed by atoms with Crippen molar-refractivity contribution in [1.82, 2.24) is 5.32 Å². The lowest BCUT2D eigenvalue weighted by Gasteiger charge is -2.20. The molecular formula is C14H17NO2. The van der Waals surface area contributed by atoms with Crippen LogP contribution in [-0.2, 0) is 17.6 Å². The van der Waals surface area contributed by atoms with E-state index in [0.717, 1.165) is 25.9 Å². The van der Waals surface area contributed by atoms with Gasteiger partial charge in [-0.3, -0.25) is 0 Å². The third-order valence-corrected chi connectivity index (χ3v) is 4.09. The Balaban J connectivity index is 1.90. The minimum absolute atomic E-state index is 0.238. The molecule has 3 rings (SSSR count). The molecule has 1 N–H and O–H groups in total. The van der Waals surface area contributed by atoms with Crippen molar-refractivity contribution in [3.05, 3.63) is 34.9 Å². The molecule has 1 aromatic rings. The van der Waals surface area contributed by atoms with E-state index in [9.17, 15) is 4.79 Å². The summed E-state index contributed by atoms with van der Waals surface area (Å²) in [6.45, 7) is 2.23. The molecule has 0 bridgehead atoms. The number of ether oxygens (including phenoxy) is 1. The average Bonchev–Trinajstić information content (AvgIpc) is 2.94. The zero-order chi connectivity index (χ0) is 11.9. The van der Waals surface area contributed by atoms with E-state index in [4.69, 9.17) is 4.74 Å². The lowest BCUT2D eigenvalue weighted by Crippen LogP contribution is -2.24. The third-order valence-electron chi connectivity index (χ3n) is 4.09. The Bertz CT molecular complexity index is 461. The summed E-state index contributed by atoms with van der Waals surface area (Å²) >= 11 is 0. The lowest BCUT2D eigenvalue weighted by molar-refractivity contribution is 0.0600. The predicted octanol–water partition coefficient (Wildman–Crippen LogP) is 1.55. The number of methoxy groups -OCH3 is 1. The molecule has 17 heavy (non-hydrogen) atoms. The van der Waals surface area contributed by atoms with Crippen molar-refractivity contribution in [1.29, 1.82) is 0 Å². The molecule has 0 unspecified atom stereocenters. The predicted molar refractivity (Wildman–Crippen MR) is 65.1 cm³/mol. The van der Waals surface area contributed by atoms with E-state index in [1.54, 1.807) is 0 Å². The number of esters is 1. The van der Waals surface area contributed by atoms with Gasteiger partial charge in [-0.05, 0) is 54.5 Å². The van der Waals surface area contributed by atoms with Crippen LogP contribution in [0.5, 0.6) is 0 Å². The van der Waals surface area contributed by atoms with Gasteiger partial charge in [-0.1, -0.05) is 6.07 Å². The maximum Gasteiger partial charge on any atom is 0.337 e. The van der Waals surface area contributed by atoms with Gasteiger partial charge in [0.15, 0.2) is 0 Å². The minimum Gasteiger partial charge on any atom is -0.465 e. The Morgan fingerprint density at radius 3 is 2.88 bits per heavy atom. The third kappa shape index (κ3) is 1.75. The van der Waals surface area contributed by atoms with E-state index in [-0.39, 0.29) is 5.97 Å². The van der Waals surface area contributed by atoms with Gasteiger partial charge < -0.3 is 10.1 Å². The van der Waals surface area contributed by atoms with Crippen molar-refractivity contribution in [3.63, 3.8) is 0 Å². The number of rotatable bonds is 1. The highest BCUT2D eigenvalue weighted by Crippen LogP contribution is 2.41. The van der Waals surface area contributed by atoms with Gasteiger partial charge in [0.25, 0.3) is 0 Å². The lowest BCUT2D eigenvalue weighted by atomic mass is 9.84. The molecular weight excluding hydrogens is 214 g/mol. The fourth-order valence-corrected chi connectivity index (χ4v) is 3.18. The fourth-order valence-electron chi connectivity index (χ4n) is 3.18. The summed E-state index contributed by atoms with van der Waals surface area (Å²) in [5.41, 5.74) is 3.82. The standard InChI is InChI=1S/C14H17NO2/c1-17-13(16)10-2-3-11-7-14(4-5-15-9-14)8-12(11)6-10/h2-3,6,15H,4-5,7-9H2,1H3/t14-/m0/s1. The zero-order valence-electron chi connectivity index (χ0n) is 10.1. The smallest absolute Gasteiger partial charge is 0.337 e. The highest BCUT2D eigenvalue weighted by Gasteiger charge is 2.39. The zero-order valence-corrected chi connectivity index (χ0v) is 10.1. The summed E-state index contributed by atoms with van der Waals surface area (Å²) < 4.78 is 4.76. The summed E-state index contributed by atoms with van der Waals surface area (Å²) in [6.07, 6.45) is 3.49. The molecule has 1 atom stereocenters. The second-order valence-electron chi connectivity index (χ2n) is 5.26. The number of benzene rings is 1. The Morgan fingerprint density at radius 2 is 2.18 bits per heavy atom. The largest absolute Gasteiger partial charge is 0.465 e. The van der Waals surface area contributed by atoms with Gasteiger partial charge in [0.1, 0.15) is 0 Å². The topological polar surface area (TPSA) is 38.3 Å². The number of fused-ring (bicyclic) bond motifs is 1. The molecule has 1 spiro atoms. The first-order valence-corrected chi connectivity index (χ1v) is 6.13. The van der Waals surface area contributed by atoms with Crippen molar-refractivity contribution >= 4 is 5.97 Å². The Kier molecular flexibility index (Phi) is 2.44. The normalized spacial score (nSPS) is 26.2. The molecule has 0 radical (unpaired) electrons. The van der Waals surface area contributed by atoms with Crippen LogP contribution < -0.4 is 5.32 Å². The second-order valence-corrected chi connectivity index (χ2v) is 5.26. The second kappa shape index (κ2) is 3.84. The van der Waals surface area contributed by atoms with E-state index < -0.39 is 0 Å². The first kappa shape index (κ1) is 10.8. The number of hydrogen-bond donors (Lipinski definition) is 1. The van der Waals surface area contributed by atoms with Crippen LogP contribution in [0.15, 0.2) is 18.2 Å². The van der Waals surface area contributed by atoms with E-state index in [2.05, 4.69) is 11.4 Å². The first-order valence-electron chi connectivity index (χ1n) is 6.13. The number of hydrogen-bond acceptors (Lipinski definition) is 3. The molecule has 1 aliphatic carbocycles. The Morgan fingerprint density at radius 1 is 1.35 bits per heavy atom. The van der Waals surface area contributed by atoms with E-state index in [0.29, 0.717) is 11.0 Å². The Hall–Kier alpha value is -1.35. The molecule has 2 aliphatic rings. The summed E-state index contributed by atoms with van der Waals surface area (Å²) in [4.78, 5) is 11.5. The summed E-state index contributed by atoms with van der Waals surface area (Å²) in [5, 5.41) is 3.45. The van der Waals surface area contributed by atoms with Crippen molar-refractivity contribution in [3.8, 4) is 0 Å². The van der Waals surface area contributed by atoms with Crippen LogP contribution in [0.1, 0.15) is 27.9 Å². The molecule has 1 heterocycles. The number of carbonyl (C=O) groups excluding carboxylic acids is 1. The van der Waals surface area contributed by atoms with Crippen molar-refractivity contribution in [2.24, 2.45) is 5.41 Å². The maximum absolute atomic E-state index is 11.5. The van der Waals surface area contributed by atoms with Crippen molar-refractivity contribution in [2.45, 2.75) is 19.3 Å². The van der Waals surface area contributed by atoms with E-state index >= 15 is 0 Å². The van der Waals surface area contributed by atoms with Crippen LogP contribution in [0.25, 0.3) is 0 Å². The van der Waals surface area contributed by atoms with E-state index in [1.807, 2.05) is 12.1 Å². The molecule has 1 aliphatic heterocycles. The molecule has 0 saturated carbocycles. The summed E-state index contributed by atoms with van der Waals surface area (Å²) in [5.74, 6) is -0.238. The van der Waals surface area contributed by atoms with Crippen LogP contribution in [0, 0.1) is 5.41 Å². The SMILES string of the molecule is COC(=O)c1ccc2c(c1)C[C@]1(CCNC1)C2. The van der Waals surface area contributed by atoms with Gasteiger partial charge in [0.2, 0.25) is 0 Å². The van der Waals surface area contributed by atoms with Crippen LogP contribution in [-0.4, -0.2) is 26.2 Å². The maximum atomic E-state index is 11.5. The van der Waals surface area contributed by atoms with Gasteiger partial charge in [0, 0.05) is 6.54 Å². The van der Waals surface area contributed by atoms with Crippen LogP contribution in [0.2, 0.25) is 0 Å². The number of carbonyl (C=O) groups is 1. The average molecular weight is 231 g/mol. The van der Waals surface area contributed by atoms with Gasteiger partial charge >= 0.3 is 5.97 Å². The number of nitrogens with one attached hydrogen (secondary N) is 1. The highest BCUT2D eigenvalue weighted by molar-refractivity contribution is 5.89. The fraction of sp³-hybridized carbons (Fsp3) is 0.500. The molecule has 3 nitrogen and oxygen atoms in total. The van der Waals surface area contributed by atoms with Gasteiger partial charge in [0.05, 0.1) is 12.7 Å². The van der Waals surface area contributed by atoms with Gasteiger partial charge in [-0.15, -0.1) is 0 Å². The molecule has 1 saturated heterocycles. The van der Waals surface area contributed by atoms with Gasteiger partial charge in [-0.2, -0.15) is 0 Å². The quantitative estimate of drug-likeness (QED) is 0.745. The van der Waals surface area contributed by atoms with Crippen LogP contribution >= 0.6 is 0 Å². The van der Waals surface area contributed by atoms with E-state index in [1.165, 1.54) is 24.7 Å². The molecule has 0 aromatic heterocycles. The van der Waals surface area contributed by atoms with Crippen molar-refractivity contribution < 1.29 is 9.53 Å². The van der Waals surface area contributed by atoms with Crippen molar-refractivity contribution in [2.75, 3.05) is 20.2 Å². The van der Waals surface area contributed by atoms with Crippen LogP contribution in [0.4, 0.5) is 0 Å². The monoisotopic (exact) mass is 231 g/mol. The molecule has 3 heteroatoms. The highest BCUT2D eigenvalue weighted by atomic mass is 16.5. The Labute approximate surface area is 101 Å². The van der Waals surface area contributed by atoms with Crippen LogP contribution in [0.3, 0.4) is 0 Å². The minimum atomic E-state index is -0.238. The molecule has 0 amide bonds. The molecule has 1 fully saturated rings. The molecule has 90 valence electrons. The summed E-state index contributed by atoms with van der Waals surface area (Å²) in [6, 6.07) is 5.98. The van der Waals surface area contributed by atoms with Gasteiger partial charge in [-0.25, -0.2) is 4.79 Å². The summed E-state index contributed by atoms with van der Waals surface area (Å²) in [7, 11) is 1.43.